The Morgan fingerprint density at radius 3 is 2.73 bits per heavy atom. The van der Waals surface area contributed by atoms with Crippen molar-refractivity contribution in [3.8, 4) is 0 Å². The second-order valence-corrected chi connectivity index (χ2v) is 5.24. The van der Waals surface area contributed by atoms with Crippen LogP contribution in [-0.2, 0) is 0 Å². The highest BCUT2D eigenvalue weighted by molar-refractivity contribution is 9.10. The topological polar surface area (TPSA) is 12.0 Å². The molecule has 3 heteroatoms. The van der Waals surface area contributed by atoms with Gasteiger partial charge in [-0.25, -0.2) is 0 Å². The van der Waals surface area contributed by atoms with Crippen LogP contribution >= 0.6 is 27.5 Å². The molecule has 0 heterocycles. The van der Waals surface area contributed by atoms with Crippen LogP contribution in [0.25, 0.3) is 0 Å². The summed E-state index contributed by atoms with van der Waals surface area (Å²) in [4.78, 5) is 0. The molecular formula is C12H17BrClN. The van der Waals surface area contributed by atoms with Crippen LogP contribution in [0.15, 0.2) is 16.6 Å². The first kappa shape index (κ1) is 12.9. The maximum absolute atomic E-state index is 6.07. The molecule has 1 rings (SSSR count). The summed E-state index contributed by atoms with van der Waals surface area (Å²) >= 11 is 9.61. The average Bonchev–Trinajstić information content (AvgIpc) is 2.21. The molecule has 0 bridgehead atoms. The van der Waals surface area contributed by atoms with Gasteiger partial charge in [-0.1, -0.05) is 31.9 Å². The van der Waals surface area contributed by atoms with Crippen LogP contribution in [-0.4, -0.2) is 6.54 Å². The number of halogens is 2. The lowest BCUT2D eigenvalue weighted by atomic mass is 10.1. The van der Waals surface area contributed by atoms with Crippen LogP contribution < -0.4 is 5.32 Å². The quantitative estimate of drug-likeness (QED) is 0.834. The van der Waals surface area contributed by atoms with Crippen molar-refractivity contribution in [2.75, 3.05) is 11.9 Å². The van der Waals surface area contributed by atoms with Crippen molar-refractivity contribution < 1.29 is 0 Å². The normalized spacial score (nSPS) is 12.6. The lowest BCUT2D eigenvalue weighted by molar-refractivity contribution is 0.593. The number of rotatable bonds is 4. The summed E-state index contributed by atoms with van der Waals surface area (Å²) in [5.41, 5.74) is 2.17. The van der Waals surface area contributed by atoms with E-state index in [9.17, 15) is 0 Å². The van der Waals surface area contributed by atoms with Crippen molar-refractivity contribution in [2.45, 2.75) is 27.2 Å². The Morgan fingerprint density at radius 1 is 1.47 bits per heavy atom. The molecule has 0 amide bonds. The van der Waals surface area contributed by atoms with E-state index < -0.39 is 0 Å². The van der Waals surface area contributed by atoms with Crippen molar-refractivity contribution in [3.05, 3.63) is 27.2 Å². The van der Waals surface area contributed by atoms with Crippen molar-refractivity contribution in [2.24, 2.45) is 5.92 Å². The van der Waals surface area contributed by atoms with Gasteiger partial charge >= 0.3 is 0 Å². The van der Waals surface area contributed by atoms with Crippen LogP contribution in [0.1, 0.15) is 25.8 Å². The van der Waals surface area contributed by atoms with E-state index in [0.717, 1.165) is 27.3 Å². The largest absolute Gasteiger partial charge is 0.384 e. The first-order valence-electron chi connectivity index (χ1n) is 5.24. The Kier molecular flexibility index (Phi) is 4.94. The van der Waals surface area contributed by atoms with E-state index in [4.69, 9.17) is 11.6 Å². The Balaban J connectivity index is 2.73. The molecule has 0 saturated carbocycles. The third-order valence-corrected chi connectivity index (χ3v) is 3.65. The minimum atomic E-state index is 0.678. The van der Waals surface area contributed by atoms with E-state index in [-0.39, 0.29) is 0 Å². The highest BCUT2D eigenvalue weighted by atomic mass is 79.9. The summed E-state index contributed by atoms with van der Waals surface area (Å²) in [6.45, 7) is 7.42. The van der Waals surface area contributed by atoms with E-state index in [1.165, 1.54) is 6.42 Å². The van der Waals surface area contributed by atoms with E-state index in [0.29, 0.717) is 5.92 Å². The lowest BCUT2D eigenvalue weighted by Gasteiger charge is -2.13. The smallest absolute Gasteiger partial charge is 0.0499 e. The second-order valence-electron chi connectivity index (χ2n) is 3.98. The van der Waals surface area contributed by atoms with Gasteiger partial charge in [-0.05, 0) is 46.5 Å². The summed E-state index contributed by atoms with van der Waals surface area (Å²) in [6, 6.07) is 4.02. The van der Waals surface area contributed by atoms with Gasteiger partial charge in [0.2, 0.25) is 0 Å². The van der Waals surface area contributed by atoms with Gasteiger partial charge < -0.3 is 5.32 Å². The Morgan fingerprint density at radius 2 is 2.13 bits per heavy atom. The van der Waals surface area contributed by atoms with E-state index in [2.05, 4.69) is 35.1 Å². The Hall–Kier alpha value is -0.210. The maximum atomic E-state index is 6.07. The molecule has 0 fully saturated rings. The van der Waals surface area contributed by atoms with Gasteiger partial charge in [0.25, 0.3) is 0 Å². The van der Waals surface area contributed by atoms with Crippen LogP contribution in [0.2, 0.25) is 5.02 Å². The van der Waals surface area contributed by atoms with Crippen LogP contribution in [0.5, 0.6) is 0 Å². The molecule has 0 aromatic heterocycles. The highest BCUT2D eigenvalue weighted by Gasteiger charge is 2.05. The molecule has 0 radical (unpaired) electrons. The zero-order chi connectivity index (χ0) is 11.4. The fraction of sp³-hybridized carbons (Fsp3) is 0.500. The molecule has 1 atom stereocenters. The van der Waals surface area contributed by atoms with Gasteiger partial charge in [0.05, 0.1) is 0 Å². The van der Waals surface area contributed by atoms with Crippen molar-refractivity contribution >= 4 is 33.2 Å². The molecule has 0 aliphatic heterocycles. The predicted molar refractivity (Wildman–Crippen MR) is 71.8 cm³/mol. The predicted octanol–water partition coefficient (Wildman–Crippen LogP) is 4.87. The third kappa shape index (κ3) is 3.69. The zero-order valence-electron chi connectivity index (χ0n) is 9.40. The third-order valence-electron chi connectivity index (χ3n) is 2.59. The minimum Gasteiger partial charge on any atom is -0.384 e. The molecule has 84 valence electrons. The van der Waals surface area contributed by atoms with Crippen LogP contribution in [0.4, 0.5) is 5.69 Å². The maximum Gasteiger partial charge on any atom is 0.0499 e. The summed E-state index contributed by atoms with van der Waals surface area (Å²) in [5.74, 6) is 0.678. The molecule has 1 N–H and O–H groups in total. The number of nitrogens with one attached hydrogen (secondary N) is 1. The summed E-state index contributed by atoms with van der Waals surface area (Å²) in [5, 5.41) is 4.21. The van der Waals surface area contributed by atoms with E-state index >= 15 is 0 Å². The molecule has 0 spiro atoms. The summed E-state index contributed by atoms with van der Waals surface area (Å²) in [6.07, 6.45) is 1.18. The van der Waals surface area contributed by atoms with Crippen molar-refractivity contribution in [1.82, 2.24) is 0 Å². The molecule has 0 aliphatic rings. The lowest BCUT2D eigenvalue weighted by Crippen LogP contribution is -2.10. The number of benzene rings is 1. The number of hydrogen-bond acceptors (Lipinski definition) is 1. The minimum absolute atomic E-state index is 0.678. The number of aryl methyl sites for hydroxylation is 1. The molecule has 1 aromatic rings. The fourth-order valence-corrected chi connectivity index (χ4v) is 1.97. The molecule has 0 saturated heterocycles. The Labute approximate surface area is 105 Å². The average molecular weight is 291 g/mol. The first-order valence-corrected chi connectivity index (χ1v) is 6.41. The summed E-state index contributed by atoms with van der Waals surface area (Å²) < 4.78 is 1.08. The molecular weight excluding hydrogens is 273 g/mol. The fourth-order valence-electron chi connectivity index (χ4n) is 1.21. The van der Waals surface area contributed by atoms with Gasteiger partial charge in [-0.15, -0.1) is 0 Å². The van der Waals surface area contributed by atoms with Crippen LogP contribution in [0, 0.1) is 12.8 Å². The number of hydrogen-bond donors (Lipinski definition) is 1. The van der Waals surface area contributed by atoms with Crippen LogP contribution in [0.3, 0.4) is 0 Å². The first-order chi connectivity index (χ1) is 7.04. The second kappa shape index (κ2) is 5.76. The molecule has 1 aromatic carbocycles. The standard InChI is InChI=1S/C12H17BrClN/c1-4-8(2)7-15-12-6-11(14)9(3)5-10(12)13/h5-6,8,15H,4,7H2,1-3H3. The highest BCUT2D eigenvalue weighted by Crippen LogP contribution is 2.29. The summed E-state index contributed by atoms with van der Waals surface area (Å²) in [7, 11) is 0. The molecule has 15 heavy (non-hydrogen) atoms. The SMILES string of the molecule is CCC(C)CNc1cc(Cl)c(C)cc1Br. The Bertz CT molecular complexity index is 339. The molecule has 0 aliphatic carbocycles. The zero-order valence-corrected chi connectivity index (χ0v) is 11.7. The molecule has 1 nitrogen and oxygen atoms in total. The number of anilines is 1. The van der Waals surface area contributed by atoms with Gasteiger partial charge in [0.15, 0.2) is 0 Å². The van der Waals surface area contributed by atoms with Crippen molar-refractivity contribution in [1.29, 1.82) is 0 Å². The van der Waals surface area contributed by atoms with Gasteiger partial charge in [-0.2, -0.15) is 0 Å². The molecule has 1 unspecified atom stereocenters. The van der Waals surface area contributed by atoms with E-state index in [1.54, 1.807) is 0 Å². The monoisotopic (exact) mass is 289 g/mol. The van der Waals surface area contributed by atoms with Gasteiger partial charge in [0, 0.05) is 21.7 Å². The van der Waals surface area contributed by atoms with Gasteiger partial charge in [-0.3, -0.25) is 0 Å². The van der Waals surface area contributed by atoms with E-state index in [1.807, 2.05) is 19.1 Å². The van der Waals surface area contributed by atoms with Gasteiger partial charge in [0.1, 0.15) is 0 Å². The van der Waals surface area contributed by atoms with Crippen molar-refractivity contribution in [3.63, 3.8) is 0 Å².